The summed E-state index contributed by atoms with van der Waals surface area (Å²) in [5, 5.41) is 26.0. The summed E-state index contributed by atoms with van der Waals surface area (Å²) in [5.41, 5.74) is 2.90. The number of nitro groups is 2. The van der Waals surface area contributed by atoms with Crippen LogP contribution < -0.4 is 5.43 Å². The van der Waals surface area contributed by atoms with Gasteiger partial charge in [0.2, 0.25) is 10.0 Å². The van der Waals surface area contributed by atoms with Gasteiger partial charge >= 0.3 is 0 Å². The maximum atomic E-state index is 13.0. The van der Waals surface area contributed by atoms with E-state index in [1.54, 1.807) is 38.1 Å². The molecule has 1 N–H and O–H groups in total. The Morgan fingerprint density at radius 3 is 2.18 bits per heavy atom. The molecule has 0 unspecified atom stereocenters. The summed E-state index contributed by atoms with van der Waals surface area (Å²) < 4.78 is 32.8. The third-order valence-electron chi connectivity index (χ3n) is 4.87. The van der Waals surface area contributed by atoms with Crippen LogP contribution in [0.1, 0.15) is 19.6 Å². The zero-order valence-corrected chi connectivity index (χ0v) is 19.1. The molecule has 0 bridgehead atoms. The van der Waals surface area contributed by atoms with Crippen molar-refractivity contribution in [2.24, 2.45) is 5.10 Å². The summed E-state index contributed by atoms with van der Waals surface area (Å²) in [7, 11) is -4.00. The highest BCUT2D eigenvalue weighted by atomic mass is 32.2. The fourth-order valence-electron chi connectivity index (χ4n) is 3.12. The lowest BCUT2D eigenvalue weighted by Gasteiger charge is -2.20. The summed E-state index contributed by atoms with van der Waals surface area (Å²) in [6.45, 7) is 3.73. The highest BCUT2D eigenvalue weighted by Gasteiger charge is 2.27. The zero-order valence-electron chi connectivity index (χ0n) is 18.2. The van der Waals surface area contributed by atoms with Crippen LogP contribution in [0.25, 0.3) is 11.3 Å². The molecule has 2 aromatic carbocycles. The Hall–Kier alpha value is -4.10. The summed E-state index contributed by atoms with van der Waals surface area (Å²) in [5.74, 6) is 0.785. The first kappa shape index (κ1) is 24.5. The van der Waals surface area contributed by atoms with Crippen molar-refractivity contribution in [3.63, 3.8) is 0 Å². The van der Waals surface area contributed by atoms with Crippen LogP contribution in [0.2, 0.25) is 0 Å². The van der Waals surface area contributed by atoms with E-state index in [-0.39, 0.29) is 35.0 Å². The van der Waals surface area contributed by atoms with Gasteiger partial charge in [0.05, 0.1) is 21.7 Å². The fourth-order valence-corrected chi connectivity index (χ4v) is 4.74. The molecule has 0 spiro atoms. The second-order valence-electron chi connectivity index (χ2n) is 6.90. The number of nitrogens with one attached hydrogen (secondary N) is 1. The van der Waals surface area contributed by atoms with Gasteiger partial charge in [-0.05, 0) is 30.3 Å². The van der Waals surface area contributed by atoms with E-state index in [0.29, 0.717) is 17.1 Å². The van der Waals surface area contributed by atoms with Gasteiger partial charge in [-0.2, -0.15) is 9.41 Å². The molecule has 1 aromatic heterocycles. The Labute approximate surface area is 194 Å². The monoisotopic (exact) mass is 487 g/mol. The highest BCUT2D eigenvalue weighted by molar-refractivity contribution is 7.89. The van der Waals surface area contributed by atoms with E-state index in [1.807, 2.05) is 0 Å². The molecule has 0 aliphatic rings. The fraction of sp³-hybridized carbons (Fsp3) is 0.190. The smallest absolute Gasteiger partial charge is 0.270 e. The first-order valence-corrected chi connectivity index (χ1v) is 11.5. The lowest BCUT2D eigenvalue weighted by atomic mass is 10.1. The van der Waals surface area contributed by atoms with Crippen molar-refractivity contribution in [1.29, 1.82) is 0 Å². The van der Waals surface area contributed by atoms with Crippen molar-refractivity contribution < 1.29 is 22.7 Å². The van der Waals surface area contributed by atoms with Crippen LogP contribution in [-0.4, -0.2) is 41.9 Å². The molecule has 1 heterocycles. The average molecular weight is 487 g/mol. The Kier molecular flexibility index (Phi) is 7.38. The number of hydrazone groups is 1. The van der Waals surface area contributed by atoms with Gasteiger partial charge in [-0.15, -0.1) is 0 Å². The Morgan fingerprint density at radius 1 is 0.971 bits per heavy atom. The number of hydrogen-bond donors (Lipinski definition) is 1. The lowest BCUT2D eigenvalue weighted by molar-refractivity contribution is -0.385. The van der Waals surface area contributed by atoms with E-state index in [9.17, 15) is 28.6 Å². The second-order valence-corrected chi connectivity index (χ2v) is 8.81. The van der Waals surface area contributed by atoms with Crippen LogP contribution in [0.3, 0.4) is 0 Å². The van der Waals surface area contributed by atoms with E-state index < -0.39 is 19.9 Å². The molecule has 178 valence electrons. The molecule has 0 atom stereocenters. The largest absolute Gasteiger partial charge is 0.455 e. The number of rotatable bonds is 10. The Morgan fingerprint density at radius 2 is 1.59 bits per heavy atom. The molecule has 3 aromatic rings. The van der Waals surface area contributed by atoms with E-state index >= 15 is 0 Å². The van der Waals surface area contributed by atoms with E-state index in [0.717, 1.165) is 6.07 Å². The molecule has 0 amide bonds. The minimum absolute atomic E-state index is 0.0418. The normalized spacial score (nSPS) is 11.7. The van der Waals surface area contributed by atoms with Gasteiger partial charge in [0.25, 0.3) is 11.4 Å². The molecule has 0 radical (unpaired) electrons. The first-order valence-electron chi connectivity index (χ1n) is 10.1. The molecular formula is C21H21N5O7S. The molecule has 0 fully saturated rings. The lowest BCUT2D eigenvalue weighted by Crippen LogP contribution is -2.31. The topological polar surface area (TPSA) is 161 Å². The minimum Gasteiger partial charge on any atom is -0.455 e. The first-order chi connectivity index (χ1) is 16.2. The Bertz CT molecular complexity index is 1330. The number of nitro benzene ring substituents is 2. The Balaban J connectivity index is 1.84. The summed E-state index contributed by atoms with van der Waals surface area (Å²) in [4.78, 5) is 20.5. The molecule has 13 heteroatoms. The van der Waals surface area contributed by atoms with Gasteiger partial charge in [0.1, 0.15) is 16.4 Å². The molecule has 0 saturated carbocycles. The summed E-state index contributed by atoms with van der Waals surface area (Å²) in [6.07, 6.45) is 1.31. The van der Waals surface area contributed by atoms with Crippen LogP contribution in [-0.2, 0) is 10.0 Å². The van der Waals surface area contributed by atoms with Gasteiger partial charge in [-0.3, -0.25) is 25.7 Å². The standard InChI is InChI=1S/C21H21N5O7S/c1-3-24(4-2)34(31,32)21-13-17(26(29)30)9-11-19(21)23-22-14-18-10-12-20(33-18)15-5-7-16(8-6-15)25(27)28/h5-14,23H,3-4H2,1-2H3. The van der Waals surface area contributed by atoms with Crippen molar-refractivity contribution in [3.8, 4) is 11.3 Å². The highest BCUT2D eigenvalue weighted by Crippen LogP contribution is 2.29. The van der Waals surface area contributed by atoms with Crippen LogP contribution in [0.5, 0.6) is 0 Å². The number of sulfonamides is 1. The zero-order chi connectivity index (χ0) is 24.9. The van der Waals surface area contributed by atoms with Gasteiger partial charge in [0, 0.05) is 42.9 Å². The summed E-state index contributed by atoms with van der Waals surface area (Å²) >= 11 is 0. The molecular weight excluding hydrogens is 466 g/mol. The number of non-ortho nitro benzene ring substituents is 2. The van der Waals surface area contributed by atoms with Crippen LogP contribution in [0.15, 0.2) is 69.0 Å². The van der Waals surface area contributed by atoms with Crippen LogP contribution in [0, 0.1) is 20.2 Å². The number of anilines is 1. The van der Waals surface area contributed by atoms with Crippen molar-refractivity contribution >= 4 is 33.3 Å². The molecule has 0 aliphatic heterocycles. The average Bonchev–Trinajstić information content (AvgIpc) is 3.28. The number of benzene rings is 2. The van der Waals surface area contributed by atoms with Gasteiger partial charge in [0.15, 0.2) is 0 Å². The molecule has 12 nitrogen and oxygen atoms in total. The van der Waals surface area contributed by atoms with E-state index in [1.165, 1.54) is 34.8 Å². The molecule has 0 saturated heterocycles. The third-order valence-corrected chi connectivity index (χ3v) is 6.96. The molecule has 0 aliphatic carbocycles. The van der Waals surface area contributed by atoms with Crippen molar-refractivity contribution in [1.82, 2.24) is 4.31 Å². The minimum atomic E-state index is -4.00. The van der Waals surface area contributed by atoms with Crippen LogP contribution >= 0.6 is 0 Å². The number of furan rings is 1. The van der Waals surface area contributed by atoms with Crippen LogP contribution in [0.4, 0.5) is 17.1 Å². The van der Waals surface area contributed by atoms with Gasteiger partial charge in [-0.1, -0.05) is 13.8 Å². The van der Waals surface area contributed by atoms with E-state index in [2.05, 4.69) is 10.5 Å². The van der Waals surface area contributed by atoms with Crippen molar-refractivity contribution in [2.75, 3.05) is 18.5 Å². The predicted octanol–water partition coefficient (Wildman–Crippen LogP) is 4.24. The van der Waals surface area contributed by atoms with Crippen molar-refractivity contribution in [2.45, 2.75) is 18.7 Å². The molecule has 3 rings (SSSR count). The van der Waals surface area contributed by atoms with Gasteiger partial charge < -0.3 is 4.42 Å². The maximum absolute atomic E-state index is 13.0. The quantitative estimate of drug-likeness (QED) is 0.252. The third kappa shape index (κ3) is 5.27. The molecule has 34 heavy (non-hydrogen) atoms. The number of nitrogens with zero attached hydrogens (tertiary/aromatic N) is 4. The number of hydrogen-bond acceptors (Lipinski definition) is 9. The second kappa shape index (κ2) is 10.2. The van der Waals surface area contributed by atoms with Gasteiger partial charge in [-0.25, -0.2) is 8.42 Å². The predicted molar refractivity (Wildman–Crippen MR) is 125 cm³/mol. The maximum Gasteiger partial charge on any atom is 0.270 e. The SMILES string of the molecule is CCN(CC)S(=O)(=O)c1cc([N+](=O)[O-])ccc1NN=Cc1ccc(-c2ccc([N+](=O)[O-])cc2)o1. The van der Waals surface area contributed by atoms with E-state index in [4.69, 9.17) is 4.42 Å². The van der Waals surface area contributed by atoms with Crippen molar-refractivity contribution in [3.05, 3.63) is 80.6 Å². The summed E-state index contributed by atoms with van der Waals surface area (Å²) in [6, 6.07) is 12.5.